The molecular weight excluding hydrogens is 296 g/mol. The van der Waals surface area contributed by atoms with Crippen molar-refractivity contribution in [3.63, 3.8) is 0 Å². The molecule has 1 saturated heterocycles. The number of hydrogen-bond acceptors (Lipinski definition) is 5. The molecule has 2 aromatic rings. The predicted octanol–water partition coefficient (Wildman–Crippen LogP) is 1.57. The van der Waals surface area contributed by atoms with Gasteiger partial charge < -0.3 is 14.7 Å². The number of aryl methyl sites for hydroxylation is 1. The largest absolute Gasteiger partial charge is 0.361 e. The van der Waals surface area contributed by atoms with Crippen LogP contribution in [-0.4, -0.2) is 35.0 Å². The fourth-order valence-electron chi connectivity index (χ4n) is 2.35. The maximum Gasteiger partial charge on any atom is 0.276 e. The van der Waals surface area contributed by atoms with Crippen molar-refractivity contribution < 1.29 is 14.1 Å². The van der Waals surface area contributed by atoms with E-state index in [9.17, 15) is 9.59 Å². The van der Waals surface area contributed by atoms with Gasteiger partial charge in [0.25, 0.3) is 5.91 Å². The third-order valence-corrected chi connectivity index (χ3v) is 3.65. The summed E-state index contributed by atoms with van der Waals surface area (Å²) in [5, 5.41) is 15.3. The quantitative estimate of drug-likeness (QED) is 0.927. The molecule has 0 saturated carbocycles. The molecule has 0 bridgehead atoms. The molecule has 1 aromatic heterocycles. The number of amides is 2. The number of carbonyl (C=O) groups is 2. The number of nitrogens with one attached hydrogen (secondary N) is 1. The number of nitrogens with zero attached hydrogens (tertiary/aromatic N) is 3. The van der Waals surface area contributed by atoms with Crippen LogP contribution < -0.4 is 5.32 Å². The van der Waals surface area contributed by atoms with E-state index < -0.39 is 0 Å². The number of nitriles is 1. The summed E-state index contributed by atoms with van der Waals surface area (Å²) in [6.45, 7) is 2.40. The molecule has 0 spiro atoms. The van der Waals surface area contributed by atoms with E-state index in [0.29, 0.717) is 30.1 Å². The summed E-state index contributed by atoms with van der Waals surface area (Å²) >= 11 is 0. The number of aromatic nitrogens is 1. The summed E-state index contributed by atoms with van der Waals surface area (Å²) in [4.78, 5) is 25.8. The van der Waals surface area contributed by atoms with Crippen molar-refractivity contribution in [1.29, 1.82) is 5.26 Å². The SMILES string of the molecule is Cc1cc(C(=O)N2CC(C(=O)Nc3cccc(C#N)c3)C2)no1. The number of hydrogen-bond donors (Lipinski definition) is 1. The first-order valence-corrected chi connectivity index (χ1v) is 7.10. The van der Waals surface area contributed by atoms with Crippen molar-refractivity contribution in [3.8, 4) is 6.07 Å². The van der Waals surface area contributed by atoms with Crippen LogP contribution in [0.2, 0.25) is 0 Å². The van der Waals surface area contributed by atoms with Gasteiger partial charge in [0.05, 0.1) is 17.6 Å². The van der Waals surface area contributed by atoms with E-state index in [0.717, 1.165) is 0 Å². The number of benzene rings is 1. The van der Waals surface area contributed by atoms with E-state index in [-0.39, 0.29) is 23.4 Å². The zero-order valence-corrected chi connectivity index (χ0v) is 12.4. The van der Waals surface area contributed by atoms with Gasteiger partial charge in [-0.25, -0.2) is 0 Å². The molecule has 3 rings (SSSR count). The Balaban J connectivity index is 1.55. The van der Waals surface area contributed by atoms with Crippen LogP contribution in [0.5, 0.6) is 0 Å². The lowest BCUT2D eigenvalue weighted by molar-refractivity contribution is -0.123. The fourth-order valence-corrected chi connectivity index (χ4v) is 2.35. The Hall–Kier alpha value is -3.14. The summed E-state index contributed by atoms with van der Waals surface area (Å²) in [5.41, 5.74) is 1.31. The van der Waals surface area contributed by atoms with Crippen molar-refractivity contribution in [3.05, 3.63) is 47.3 Å². The molecule has 1 aliphatic heterocycles. The Morgan fingerprint density at radius 1 is 1.39 bits per heavy atom. The third-order valence-electron chi connectivity index (χ3n) is 3.65. The Labute approximate surface area is 132 Å². The molecule has 0 unspecified atom stereocenters. The summed E-state index contributed by atoms with van der Waals surface area (Å²) in [6, 6.07) is 10.3. The Morgan fingerprint density at radius 2 is 2.17 bits per heavy atom. The summed E-state index contributed by atoms with van der Waals surface area (Å²) in [5.74, 6) is -0.101. The highest BCUT2D eigenvalue weighted by atomic mass is 16.5. The van der Waals surface area contributed by atoms with Gasteiger partial charge in [-0.2, -0.15) is 5.26 Å². The fraction of sp³-hybridized carbons (Fsp3) is 0.250. The first-order valence-electron chi connectivity index (χ1n) is 7.10. The van der Waals surface area contributed by atoms with E-state index in [1.807, 2.05) is 6.07 Å². The lowest BCUT2D eigenvalue weighted by Gasteiger charge is -2.37. The average molecular weight is 310 g/mol. The van der Waals surface area contributed by atoms with Gasteiger partial charge in [0, 0.05) is 24.8 Å². The van der Waals surface area contributed by atoms with Crippen molar-refractivity contribution in [2.45, 2.75) is 6.92 Å². The zero-order chi connectivity index (χ0) is 16.4. The lowest BCUT2D eigenvalue weighted by atomic mass is 9.98. The van der Waals surface area contributed by atoms with Crippen LogP contribution in [0.4, 0.5) is 5.69 Å². The molecular formula is C16H14N4O3. The second-order valence-corrected chi connectivity index (χ2v) is 5.41. The van der Waals surface area contributed by atoms with Gasteiger partial charge in [0.1, 0.15) is 5.76 Å². The standard InChI is InChI=1S/C16H14N4O3/c1-10-5-14(19-23-10)16(22)20-8-12(9-20)15(21)18-13-4-2-3-11(6-13)7-17/h2-6,12H,8-9H2,1H3,(H,18,21). The van der Waals surface area contributed by atoms with Crippen LogP contribution >= 0.6 is 0 Å². The number of likely N-dealkylation sites (tertiary alicyclic amines) is 1. The number of anilines is 1. The van der Waals surface area contributed by atoms with Crippen LogP contribution in [0.15, 0.2) is 34.9 Å². The second-order valence-electron chi connectivity index (χ2n) is 5.41. The number of rotatable bonds is 3. The third kappa shape index (κ3) is 3.06. The van der Waals surface area contributed by atoms with Gasteiger partial charge in [0.15, 0.2) is 5.69 Å². The normalized spacial score (nSPS) is 14.0. The molecule has 0 aliphatic carbocycles. The van der Waals surface area contributed by atoms with Gasteiger partial charge in [-0.05, 0) is 25.1 Å². The molecule has 116 valence electrons. The van der Waals surface area contributed by atoms with Gasteiger partial charge in [-0.1, -0.05) is 11.2 Å². The molecule has 0 radical (unpaired) electrons. The van der Waals surface area contributed by atoms with Crippen molar-refractivity contribution in [2.24, 2.45) is 5.92 Å². The molecule has 1 aliphatic rings. The molecule has 1 fully saturated rings. The highest BCUT2D eigenvalue weighted by Crippen LogP contribution is 2.21. The van der Waals surface area contributed by atoms with Gasteiger partial charge in [-0.3, -0.25) is 9.59 Å². The van der Waals surface area contributed by atoms with E-state index >= 15 is 0 Å². The highest BCUT2D eigenvalue weighted by Gasteiger charge is 2.37. The van der Waals surface area contributed by atoms with Crippen molar-refractivity contribution in [2.75, 3.05) is 18.4 Å². The minimum Gasteiger partial charge on any atom is -0.361 e. The van der Waals surface area contributed by atoms with Gasteiger partial charge in [-0.15, -0.1) is 0 Å². The number of carbonyl (C=O) groups excluding carboxylic acids is 2. The lowest BCUT2D eigenvalue weighted by Crippen LogP contribution is -2.54. The molecule has 7 nitrogen and oxygen atoms in total. The second kappa shape index (κ2) is 5.93. The molecule has 2 heterocycles. The van der Waals surface area contributed by atoms with E-state index in [1.165, 1.54) is 0 Å². The summed E-state index contributed by atoms with van der Waals surface area (Å²) < 4.78 is 4.88. The topological polar surface area (TPSA) is 99.2 Å². The highest BCUT2D eigenvalue weighted by molar-refractivity contribution is 5.97. The minimum atomic E-state index is -0.266. The smallest absolute Gasteiger partial charge is 0.276 e. The molecule has 0 atom stereocenters. The molecule has 1 N–H and O–H groups in total. The van der Waals surface area contributed by atoms with Gasteiger partial charge in [0.2, 0.25) is 5.91 Å². The molecule has 7 heteroatoms. The molecule has 1 aromatic carbocycles. The van der Waals surface area contributed by atoms with Gasteiger partial charge >= 0.3 is 0 Å². The van der Waals surface area contributed by atoms with Crippen LogP contribution in [0, 0.1) is 24.2 Å². The maximum atomic E-state index is 12.1. The maximum absolute atomic E-state index is 12.1. The van der Waals surface area contributed by atoms with Crippen LogP contribution in [0.25, 0.3) is 0 Å². The van der Waals surface area contributed by atoms with E-state index in [4.69, 9.17) is 9.78 Å². The average Bonchev–Trinajstić information content (AvgIpc) is 2.92. The first-order chi connectivity index (χ1) is 11.1. The Kier molecular flexibility index (Phi) is 3.81. The van der Waals surface area contributed by atoms with Crippen molar-refractivity contribution in [1.82, 2.24) is 10.1 Å². The van der Waals surface area contributed by atoms with Crippen molar-refractivity contribution >= 4 is 17.5 Å². The minimum absolute atomic E-state index is 0.166. The van der Waals surface area contributed by atoms with E-state index in [1.54, 1.807) is 42.2 Å². The first kappa shape index (κ1) is 14.8. The Bertz CT molecular complexity index is 800. The molecule has 2 amide bonds. The Morgan fingerprint density at radius 3 is 2.83 bits per heavy atom. The molecule has 23 heavy (non-hydrogen) atoms. The van der Waals surface area contributed by atoms with Crippen LogP contribution in [-0.2, 0) is 4.79 Å². The predicted molar refractivity (Wildman–Crippen MR) is 80.4 cm³/mol. The van der Waals surface area contributed by atoms with Crippen LogP contribution in [0.1, 0.15) is 21.8 Å². The zero-order valence-electron chi connectivity index (χ0n) is 12.4. The summed E-state index contributed by atoms with van der Waals surface area (Å²) in [7, 11) is 0. The van der Waals surface area contributed by atoms with E-state index in [2.05, 4.69) is 10.5 Å². The monoisotopic (exact) mass is 310 g/mol. The summed E-state index contributed by atoms with van der Waals surface area (Å²) in [6.07, 6.45) is 0. The van der Waals surface area contributed by atoms with Crippen LogP contribution in [0.3, 0.4) is 0 Å².